The van der Waals surface area contributed by atoms with E-state index in [1.54, 1.807) is 13.8 Å². The van der Waals surface area contributed by atoms with Gasteiger partial charge in [-0.2, -0.15) is 0 Å². The maximum Gasteiger partial charge on any atom is 0.343 e. The molecule has 0 atom stereocenters. The maximum absolute atomic E-state index is 12.7. The standard InChI is InChI=1S/C17H21NO3/c1-6-21-17(20)15-11(4)18(5)14-8-7-12(10(2)3)9-13(14)16(15)19/h7-10H,6H2,1-5H3. The summed E-state index contributed by atoms with van der Waals surface area (Å²) in [5.74, 6) is -0.223. The number of aryl methyl sites for hydroxylation is 1. The van der Waals surface area contributed by atoms with Crippen molar-refractivity contribution in [2.45, 2.75) is 33.6 Å². The Bertz CT molecular complexity index is 757. The van der Waals surface area contributed by atoms with Gasteiger partial charge in [0.15, 0.2) is 0 Å². The van der Waals surface area contributed by atoms with Crippen molar-refractivity contribution < 1.29 is 9.53 Å². The number of esters is 1. The number of hydrogen-bond donors (Lipinski definition) is 0. The molecule has 4 heteroatoms. The molecule has 0 fully saturated rings. The number of carbonyl (C=O) groups excluding carboxylic acids is 1. The molecule has 2 rings (SSSR count). The zero-order chi connectivity index (χ0) is 15.7. The molecule has 112 valence electrons. The lowest BCUT2D eigenvalue weighted by Gasteiger charge is -2.15. The summed E-state index contributed by atoms with van der Waals surface area (Å²) in [5, 5.41) is 0.567. The van der Waals surface area contributed by atoms with Crippen LogP contribution < -0.4 is 5.43 Å². The van der Waals surface area contributed by atoms with E-state index in [1.165, 1.54) is 0 Å². The molecule has 0 radical (unpaired) electrons. The molecule has 1 aromatic heterocycles. The lowest BCUT2D eigenvalue weighted by molar-refractivity contribution is 0.0523. The van der Waals surface area contributed by atoms with Gasteiger partial charge in [-0.25, -0.2) is 4.79 Å². The van der Waals surface area contributed by atoms with Gasteiger partial charge in [0, 0.05) is 18.1 Å². The fourth-order valence-corrected chi connectivity index (χ4v) is 2.48. The Kier molecular flexibility index (Phi) is 4.16. The number of pyridine rings is 1. The van der Waals surface area contributed by atoms with Crippen LogP contribution in [-0.4, -0.2) is 17.1 Å². The first-order valence-corrected chi connectivity index (χ1v) is 7.18. The Balaban J connectivity index is 2.83. The van der Waals surface area contributed by atoms with E-state index >= 15 is 0 Å². The van der Waals surface area contributed by atoms with E-state index in [-0.39, 0.29) is 17.6 Å². The number of aromatic nitrogens is 1. The van der Waals surface area contributed by atoms with Crippen LogP contribution in [0.25, 0.3) is 10.9 Å². The van der Waals surface area contributed by atoms with Crippen LogP contribution in [0.4, 0.5) is 0 Å². The lowest BCUT2D eigenvalue weighted by Crippen LogP contribution is -2.23. The van der Waals surface area contributed by atoms with Crippen LogP contribution in [0.5, 0.6) is 0 Å². The van der Waals surface area contributed by atoms with Gasteiger partial charge in [-0.15, -0.1) is 0 Å². The topological polar surface area (TPSA) is 48.3 Å². The quantitative estimate of drug-likeness (QED) is 0.815. The third-order valence-electron chi connectivity index (χ3n) is 3.86. The Morgan fingerprint density at radius 3 is 2.57 bits per heavy atom. The molecule has 0 N–H and O–H groups in total. The molecule has 0 spiro atoms. The second kappa shape index (κ2) is 5.72. The summed E-state index contributed by atoms with van der Waals surface area (Å²) in [6.45, 7) is 7.91. The van der Waals surface area contributed by atoms with Crippen LogP contribution in [0, 0.1) is 6.92 Å². The van der Waals surface area contributed by atoms with Gasteiger partial charge in [0.1, 0.15) is 5.56 Å². The number of hydrogen-bond acceptors (Lipinski definition) is 3. The first kappa shape index (κ1) is 15.3. The predicted molar refractivity (Wildman–Crippen MR) is 84.0 cm³/mol. The van der Waals surface area contributed by atoms with Crippen LogP contribution in [0.3, 0.4) is 0 Å². The summed E-state index contributed by atoms with van der Waals surface area (Å²) < 4.78 is 6.89. The number of nitrogens with zero attached hydrogens (tertiary/aromatic N) is 1. The Hall–Kier alpha value is -2.10. The number of benzene rings is 1. The molecule has 0 amide bonds. The molecule has 21 heavy (non-hydrogen) atoms. The average molecular weight is 287 g/mol. The van der Waals surface area contributed by atoms with Crippen LogP contribution in [0.1, 0.15) is 48.3 Å². The molecule has 4 nitrogen and oxygen atoms in total. The molecule has 1 aromatic carbocycles. The smallest absolute Gasteiger partial charge is 0.343 e. The SMILES string of the molecule is CCOC(=O)c1c(C)n(C)c2ccc(C(C)C)cc2c1=O. The largest absolute Gasteiger partial charge is 0.462 e. The molecule has 0 saturated carbocycles. The van der Waals surface area contributed by atoms with E-state index in [9.17, 15) is 9.59 Å². The van der Waals surface area contributed by atoms with Crippen molar-refractivity contribution in [1.29, 1.82) is 0 Å². The van der Waals surface area contributed by atoms with Crippen LogP contribution in [0.2, 0.25) is 0 Å². The fraction of sp³-hybridized carbons (Fsp3) is 0.412. The molecule has 0 bridgehead atoms. The summed E-state index contributed by atoms with van der Waals surface area (Å²) in [5.41, 5.74) is 2.42. The molecule has 0 aliphatic carbocycles. The Labute approximate surface area is 124 Å². The minimum absolute atomic E-state index is 0.132. The molecule has 0 aliphatic rings. The third kappa shape index (κ3) is 2.58. The predicted octanol–water partition coefficient (Wildman–Crippen LogP) is 3.15. The van der Waals surface area contributed by atoms with Gasteiger partial charge in [-0.3, -0.25) is 4.79 Å². The van der Waals surface area contributed by atoms with Gasteiger partial charge in [0.25, 0.3) is 0 Å². The van der Waals surface area contributed by atoms with E-state index in [2.05, 4.69) is 13.8 Å². The van der Waals surface area contributed by atoms with Gasteiger partial charge < -0.3 is 9.30 Å². The monoisotopic (exact) mass is 287 g/mol. The molecule has 0 saturated heterocycles. The first-order valence-electron chi connectivity index (χ1n) is 7.18. The van der Waals surface area contributed by atoms with Crippen molar-refractivity contribution in [3.8, 4) is 0 Å². The van der Waals surface area contributed by atoms with Crippen molar-refractivity contribution in [3.63, 3.8) is 0 Å². The highest BCUT2D eigenvalue weighted by molar-refractivity contribution is 5.95. The van der Waals surface area contributed by atoms with Gasteiger partial charge in [0.2, 0.25) is 5.43 Å². The fourth-order valence-electron chi connectivity index (χ4n) is 2.48. The van der Waals surface area contributed by atoms with Crippen molar-refractivity contribution >= 4 is 16.9 Å². The normalized spacial score (nSPS) is 11.1. The third-order valence-corrected chi connectivity index (χ3v) is 3.86. The van der Waals surface area contributed by atoms with E-state index in [4.69, 9.17) is 4.74 Å². The van der Waals surface area contributed by atoms with Crippen LogP contribution in [-0.2, 0) is 11.8 Å². The lowest BCUT2D eigenvalue weighted by atomic mass is 9.99. The molecule has 0 aliphatic heterocycles. The highest BCUT2D eigenvalue weighted by Crippen LogP contribution is 2.21. The average Bonchev–Trinajstić information content (AvgIpc) is 2.44. The zero-order valence-electron chi connectivity index (χ0n) is 13.2. The van der Waals surface area contributed by atoms with Crippen molar-refractivity contribution in [3.05, 3.63) is 45.2 Å². The van der Waals surface area contributed by atoms with Crippen LogP contribution in [0.15, 0.2) is 23.0 Å². The zero-order valence-corrected chi connectivity index (χ0v) is 13.2. The van der Waals surface area contributed by atoms with Crippen molar-refractivity contribution in [2.75, 3.05) is 6.61 Å². The minimum Gasteiger partial charge on any atom is -0.462 e. The minimum atomic E-state index is -0.549. The number of fused-ring (bicyclic) bond motifs is 1. The molecule has 0 unspecified atom stereocenters. The Morgan fingerprint density at radius 1 is 1.33 bits per heavy atom. The highest BCUT2D eigenvalue weighted by Gasteiger charge is 2.20. The van der Waals surface area contributed by atoms with Crippen molar-refractivity contribution in [1.82, 2.24) is 4.57 Å². The van der Waals surface area contributed by atoms with Gasteiger partial charge >= 0.3 is 5.97 Å². The molecular formula is C17H21NO3. The van der Waals surface area contributed by atoms with E-state index in [0.29, 0.717) is 17.0 Å². The van der Waals surface area contributed by atoms with Crippen molar-refractivity contribution in [2.24, 2.45) is 7.05 Å². The van der Waals surface area contributed by atoms with E-state index in [1.807, 2.05) is 29.8 Å². The first-order chi connectivity index (χ1) is 9.88. The summed E-state index contributed by atoms with van der Waals surface area (Å²) in [6.07, 6.45) is 0. The number of ether oxygens (including phenoxy) is 1. The Morgan fingerprint density at radius 2 is 2.00 bits per heavy atom. The van der Waals surface area contributed by atoms with Gasteiger partial charge in [-0.05, 0) is 37.5 Å². The summed E-state index contributed by atoms with van der Waals surface area (Å²) in [4.78, 5) is 24.7. The summed E-state index contributed by atoms with van der Waals surface area (Å²) in [6, 6.07) is 5.84. The summed E-state index contributed by atoms with van der Waals surface area (Å²) >= 11 is 0. The maximum atomic E-state index is 12.7. The molecule has 2 aromatic rings. The van der Waals surface area contributed by atoms with Gasteiger partial charge in [0.05, 0.1) is 12.1 Å². The second-order valence-corrected chi connectivity index (χ2v) is 5.50. The number of rotatable bonds is 3. The van der Waals surface area contributed by atoms with Gasteiger partial charge in [-0.1, -0.05) is 19.9 Å². The summed E-state index contributed by atoms with van der Waals surface area (Å²) in [7, 11) is 1.86. The molecular weight excluding hydrogens is 266 g/mol. The molecule has 1 heterocycles. The highest BCUT2D eigenvalue weighted by atomic mass is 16.5. The van der Waals surface area contributed by atoms with E-state index in [0.717, 1.165) is 11.1 Å². The van der Waals surface area contributed by atoms with Crippen LogP contribution >= 0.6 is 0 Å². The number of carbonyl (C=O) groups is 1. The van der Waals surface area contributed by atoms with E-state index < -0.39 is 5.97 Å². The second-order valence-electron chi connectivity index (χ2n) is 5.50.